The largest absolute Gasteiger partial charge is 0.494 e. The molecule has 17 heavy (non-hydrogen) atoms. The molecule has 94 valence electrons. The summed E-state index contributed by atoms with van der Waals surface area (Å²) in [5.41, 5.74) is 6.39. The Kier molecular flexibility index (Phi) is 5.53. The standard InChI is InChI=1S/C14H22N2O/c1-11(2)4-3-9-17-13-7-5-12(6-8-13)10-14(15)16/h5-8,11H,3-4,9-10H2,1-2H3,(H3,15,16). The Hall–Kier alpha value is -1.51. The summed E-state index contributed by atoms with van der Waals surface area (Å²) < 4.78 is 5.63. The van der Waals surface area contributed by atoms with Gasteiger partial charge in [0.15, 0.2) is 0 Å². The number of hydrogen-bond acceptors (Lipinski definition) is 2. The average molecular weight is 234 g/mol. The highest BCUT2D eigenvalue weighted by Gasteiger charge is 1.98. The van der Waals surface area contributed by atoms with Crippen molar-refractivity contribution in [2.45, 2.75) is 33.1 Å². The molecule has 0 aliphatic carbocycles. The highest BCUT2D eigenvalue weighted by molar-refractivity contribution is 5.79. The maximum Gasteiger partial charge on any atom is 0.119 e. The third kappa shape index (κ3) is 5.95. The van der Waals surface area contributed by atoms with Crippen LogP contribution in [0.25, 0.3) is 0 Å². The van der Waals surface area contributed by atoms with Crippen LogP contribution < -0.4 is 10.5 Å². The van der Waals surface area contributed by atoms with Gasteiger partial charge in [-0.25, -0.2) is 0 Å². The Labute approximate surface area is 103 Å². The minimum absolute atomic E-state index is 0.190. The zero-order valence-corrected chi connectivity index (χ0v) is 10.7. The molecular weight excluding hydrogens is 212 g/mol. The summed E-state index contributed by atoms with van der Waals surface area (Å²) in [6.07, 6.45) is 2.79. The van der Waals surface area contributed by atoms with Crippen molar-refractivity contribution in [2.75, 3.05) is 6.61 Å². The Balaban J connectivity index is 2.32. The van der Waals surface area contributed by atoms with E-state index in [9.17, 15) is 0 Å². The molecule has 1 aromatic rings. The molecule has 0 spiro atoms. The number of amidine groups is 1. The van der Waals surface area contributed by atoms with Gasteiger partial charge in [-0.15, -0.1) is 0 Å². The SMILES string of the molecule is CC(C)CCCOc1ccc(CC(=N)N)cc1. The number of nitrogens with two attached hydrogens (primary N) is 1. The molecule has 0 fully saturated rings. The van der Waals surface area contributed by atoms with Crippen LogP contribution in [0.1, 0.15) is 32.3 Å². The lowest BCUT2D eigenvalue weighted by atomic mass is 10.1. The van der Waals surface area contributed by atoms with E-state index in [1.54, 1.807) is 0 Å². The van der Waals surface area contributed by atoms with Crippen LogP contribution in [0.5, 0.6) is 5.75 Å². The molecule has 0 unspecified atom stereocenters. The van der Waals surface area contributed by atoms with Gasteiger partial charge in [-0.1, -0.05) is 26.0 Å². The van der Waals surface area contributed by atoms with Gasteiger partial charge >= 0.3 is 0 Å². The summed E-state index contributed by atoms with van der Waals surface area (Å²) in [5.74, 6) is 1.81. The second-order valence-electron chi connectivity index (χ2n) is 4.73. The van der Waals surface area contributed by atoms with E-state index in [0.717, 1.165) is 30.3 Å². The first-order valence-corrected chi connectivity index (χ1v) is 6.12. The lowest BCUT2D eigenvalue weighted by molar-refractivity contribution is 0.297. The molecule has 0 bridgehead atoms. The van der Waals surface area contributed by atoms with Gasteiger partial charge < -0.3 is 10.5 Å². The summed E-state index contributed by atoms with van der Waals surface area (Å²) in [6, 6.07) is 7.79. The van der Waals surface area contributed by atoms with Crippen molar-refractivity contribution in [3.8, 4) is 5.75 Å². The molecule has 1 aromatic carbocycles. The highest BCUT2D eigenvalue weighted by atomic mass is 16.5. The van der Waals surface area contributed by atoms with E-state index in [2.05, 4.69) is 13.8 Å². The highest BCUT2D eigenvalue weighted by Crippen LogP contribution is 2.13. The van der Waals surface area contributed by atoms with Crippen molar-refractivity contribution in [1.82, 2.24) is 0 Å². The Morgan fingerprint density at radius 1 is 1.29 bits per heavy atom. The molecule has 0 aromatic heterocycles. The third-order valence-corrected chi connectivity index (χ3v) is 2.51. The molecule has 0 saturated carbocycles. The Morgan fingerprint density at radius 3 is 2.47 bits per heavy atom. The van der Waals surface area contributed by atoms with Crippen LogP contribution in [0.15, 0.2) is 24.3 Å². The molecule has 0 radical (unpaired) electrons. The van der Waals surface area contributed by atoms with Crippen LogP contribution in [-0.4, -0.2) is 12.4 Å². The normalized spacial score (nSPS) is 10.5. The lowest BCUT2D eigenvalue weighted by Crippen LogP contribution is -2.12. The number of hydrogen-bond donors (Lipinski definition) is 2. The van der Waals surface area contributed by atoms with E-state index in [0.29, 0.717) is 6.42 Å². The minimum Gasteiger partial charge on any atom is -0.494 e. The molecule has 0 amide bonds. The van der Waals surface area contributed by atoms with E-state index in [1.165, 1.54) is 6.42 Å². The molecule has 0 heterocycles. The molecule has 0 atom stereocenters. The molecule has 0 aliphatic rings. The van der Waals surface area contributed by atoms with E-state index in [-0.39, 0.29) is 5.84 Å². The van der Waals surface area contributed by atoms with Crippen LogP contribution in [0.2, 0.25) is 0 Å². The van der Waals surface area contributed by atoms with E-state index in [1.807, 2.05) is 24.3 Å². The summed E-state index contributed by atoms with van der Waals surface area (Å²) in [4.78, 5) is 0. The molecule has 1 rings (SSSR count). The average Bonchev–Trinajstić information content (AvgIpc) is 2.25. The third-order valence-electron chi connectivity index (χ3n) is 2.51. The fourth-order valence-corrected chi connectivity index (χ4v) is 1.61. The minimum atomic E-state index is 0.190. The zero-order chi connectivity index (χ0) is 12.7. The maximum absolute atomic E-state index is 7.21. The fourth-order valence-electron chi connectivity index (χ4n) is 1.61. The first-order chi connectivity index (χ1) is 8.08. The van der Waals surface area contributed by atoms with Crippen LogP contribution in [-0.2, 0) is 6.42 Å². The topological polar surface area (TPSA) is 59.1 Å². The molecule has 3 nitrogen and oxygen atoms in total. The van der Waals surface area contributed by atoms with E-state index >= 15 is 0 Å². The number of benzene rings is 1. The first kappa shape index (κ1) is 13.6. The Morgan fingerprint density at radius 2 is 1.94 bits per heavy atom. The van der Waals surface area contributed by atoms with Crippen molar-refractivity contribution in [3.05, 3.63) is 29.8 Å². The maximum atomic E-state index is 7.21. The summed E-state index contributed by atoms with van der Waals surface area (Å²) >= 11 is 0. The van der Waals surface area contributed by atoms with Gasteiger partial charge in [0.05, 0.1) is 12.4 Å². The predicted octanol–water partition coefficient (Wildman–Crippen LogP) is 2.98. The van der Waals surface area contributed by atoms with Crippen molar-refractivity contribution >= 4 is 5.84 Å². The monoisotopic (exact) mass is 234 g/mol. The number of rotatable bonds is 7. The smallest absolute Gasteiger partial charge is 0.119 e. The quantitative estimate of drug-likeness (QED) is 0.433. The van der Waals surface area contributed by atoms with Crippen molar-refractivity contribution < 1.29 is 4.74 Å². The van der Waals surface area contributed by atoms with Gasteiger partial charge in [-0.3, -0.25) is 5.41 Å². The van der Waals surface area contributed by atoms with Crippen molar-refractivity contribution in [1.29, 1.82) is 5.41 Å². The van der Waals surface area contributed by atoms with Gasteiger partial charge in [0, 0.05) is 6.42 Å². The van der Waals surface area contributed by atoms with E-state index < -0.39 is 0 Å². The number of nitrogens with one attached hydrogen (secondary N) is 1. The van der Waals surface area contributed by atoms with Crippen LogP contribution in [0.3, 0.4) is 0 Å². The van der Waals surface area contributed by atoms with Gasteiger partial charge in [-0.05, 0) is 36.5 Å². The van der Waals surface area contributed by atoms with Crippen molar-refractivity contribution in [2.24, 2.45) is 11.7 Å². The first-order valence-electron chi connectivity index (χ1n) is 6.12. The summed E-state index contributed by atoms with van der Waals surface area (Å²) in [6.45, 7) is 5.21. The fraction of sp³-hybridized carbons (Fsp3) is 0.500. The molecule has 0 aliphatic heterocycles. The Bertz CT molecular complexity index is 344. The van der Waals surface area contributed by atoms with Gasteiger partial charge in [-0.2, -0.15) is 0 Å². The van der Waals surface area contributed by atoms with Crippen LogP contribution in [0, 0.1) is 11.3 Å². The van der Waals surface area contributed by atoms with Crippen LogP contribution >= 0.6 is 0 Å². The predicted molar refractivity (Wildman–Crippen MR) is 71.6 cm³/mol. The molecular formula is C14H22N2O. The summed E-state index contributed by atoms with van der Waals surface area (Å²) in [7, 11) is 0. The molecule has 0 saturated heterocycles. The second kappa shape index (κ2) is 6.94. The second-order valence-corrected chi connectivity index (χ2v) is 4.73. The molecule has 3 heteroatoms. The van der Waals surface area contributed by atoms with Crippen LogP contribution in [0.4, 0.5) is 0 Å². The lowest BCUT2D eigenvalue weighted by Gasteiger charge is -2.08. The van der Waals surface area contributed by atoms with Gasteiger partial charge in [0.2, 0.25) is 0 Å². The van der Waals surface area contributed by atoms with Crippen molar-refractivity contribution in [3.63, 3.8) is 0 Å². The number of ether oxygens (including phenoxy) is 1. The molecule has 3 N–H and O–H groups in total. The van der Waals surface area contributed by atoms with Gasteiger partial charge in [0.1, 0.15) is 5.75 Å². The van der Waals surface area contributed by atoms with Gasteiger partial charge in [0.25, 0.3) is 0 Å². The summed E-state index contributed by atoms with van der Waals surface area (Å²) in [5, 5.41) is 7.21. The zero-order valence-electron chi connectivity index (χ0n) is 10.7. The van der Waals surface area contributed by atoms with E-state index in [4.69, 9.17) is 15.9 Å².